The Morgan fingerprint density at radius 3 is 2.42 bits per heavy atom. The van der Waals surface area contributed by atoms with Gasteiger partial charge in [-0.25, -0.2) is 0 Å². The Morgan fingerprint density at radius 2 is 1.79 bits per heavy atom. The summed E-state index contributed by atoms with van der Waals surface area (Å²) in [5.41, 5.74) is 5.04. The number of benzene rings is 1. The van der Waals surface area contributed by atoms with E-state index in [0.29, 0.717) is 6.54 Å². The number of carboxylic acids is 1. The topological polar surface area (TPSA) is 66.4 Å². The Kier molecular flexibility index (Phi) is 5.55. The number of aryl methyl sites for hydroxylation is 1. The molecule has 0 bridgehead atoms. The van der Waals surface area contributed by atoms with Crippen molar-refractivity contribution < 1.29 is 14.7 Å². The summed E-state index contributed by atoms with van der Waals surface area (Å²) < 4.78 is 0. The van der Waals surface area contributed by atoms with Gasteiger partial charge in [-0.2, -0.15) is 0 Å². The highest BCUT2D eigenvalue weighted by molar-refractivity contribution is 5.80. The number of aliphatic carboxylic acids is 1. The smallest absolute Gasteiger partial charge is 0.303 e. The van der Waals surface area contributed by atoms with E-state index >= 15 is 0 Å². The predicted molar refractivity (Wildman–Crippen MR) is 74.2 cm³/mol. The number of hydrogen-bond acceptors (Lipinski definition) is 2. The Labute approximate surface area is 113 Å². The van der Waals surface area contributed by atoms with Crippen molar-refractivity contribution >= 4 is 11.9 Å². The minimum Gasteiger partial charge on any atom is -0.481 e. The number of amides is 1. The number of carbonyl (C=O) groups excluding carboxylic acids is 1. The third-order valence-corrected chi connectivity index (χ3v) is 3.45. The van der Waals surface area contributed by atoms with E-state index in [-0.39, 0.29) is 18.7 Å². The average Bonchev–Trinajstić information content (AvgIpc) is 2.36. The van der Waals surface area contributed by atoms with E-state index in [1.54, 1.807) is 0 Å². The van der Waals surface area contributed by atoms with Crippen LogP contribution < -0.4 is 5.32 Å². The first-order valence-electron chi connectivity index (χ1n) is 6.46. The molecule has 4 nitrogen and oxygen atoms in total. The first-order valence-corrected chi connectivity index (χ1v) is 6.46. The molecule has 0 fully saturated rings. The van der Waals surface area contributed by atoms with Crippen molar-refractivity contribution in [3.63, 3.8) is 0 Å². The van der Waals surface area contributed by atoms with Crippen LogP contribution in [0, 0.1) is 20.8 Å². The van der Waals surface area contributed by atoms with Crippen LogP contribution in [0.15, 0.2) is 12.1 Å². The molecule has 0 saturated heterocycles. The molecule has 0 atom stereocenters. The fraction of sp³-hybridized carbons (Fsp3) is 0.467. The van der Waals surface area contributed by atoms with E-state index in [4.69, 9.17) is 5.11 Å². The first-order chi connectivity index (χ1) is 8.91. The quantitative estimate of drug-likeness (QED) is 0.826. The Bertz CT molecular complexity index is 481. The third kappa shape index (κ3) is 4.73. The third-order valence-electron chi connectivity index (χ3n) is 3.45. The predicted octanol–water partition coefficient (Wildman–Crippen LogP) is 2.14. The van der Waals surface area contributed by atoms with Gasteiger partial charge in [0, 0.05) is 13.0 Å². The number of carbonyl (C=O) groups is 2. The second kappa shape index (κ2) is 6.92. The maximum Gasteiger partial charge on any atom is 0.303 e. The van der Waals surface area contributed by atoms with Gasteiger partial charge in [-0.05, 0) is 49.4 Å². The highest BCUT2D eigenvalue weighted by Gasteiger charge is 2.06. The zero-order valence-electron chi connectivity index (χ0n) is 11.7. The fourth-order valence-corrected chi connectivity index (χ4v) is 1.93. The molecule has 0 heterocycles. The molecule has 104 valence electrons. The minimum atomic E-state index is -0.944. The first kappa shape index (κ1) is 15.2. The molecule has 0 spiro atoms. The number of hydrogen-bond donors (Lipinski definition) is 2. The van der Waals surface area contributed by atoms with Crippen LogP contribution in [0.4, 0.5) is 0 Å². The zero-order valence-corrected chi connectivity index (χ0v) is 11.7. The van der Waals surface area contributed by atoms with Crippen molar-refractivity contribution in [2.24, 2.45) is 0 Å². The van der Waals surface area contributed by atoms with E-state index in [2.05, 4.69) is 38.2 Å². The summed E-state index contributed by atoms with van der Waals surface area (Å²) in [5, 5.41) is 11.2. The van der Waals surface area contributed by atoms with Crippen LogP contribution in [0.3, 0.4) is 0 Å². The molecule has 0 aliphatic carbocycles. The van der Waals surface area contributed by atoms with Gasteiger partial charge >= 0.3 is 5.97 Å². The van der Waals surface area contributed by atoms with Crippen molar-refractivity contribution in [1.29, 1.82) is 0 Å². The molecule has 4 heteroatoms. The molecular formula is C15H21NO3. The van der Waals surface area contributed by atoms with Gasteiger partial charge in [0.1, 0.15) is 0 Å². The van der Waals surface area contributed by atoms with Gasteiger partial charge in [-0.15, -0.1) is 0 Å². The van der Waals surface area contributed by atoms with Crippen molar-refractivity contribution in [1.82, 2.24) is 5.32 Å². The summed E-state index contributed by atoms with van der Waals surface area (Å²) >= 11 is 0. The van der Waals surface area contributed by atoms with Crippen LogP contribution >= 0.6 is 0 Å². The molecular weight excluding hydrogens is 242 g/mol. The molecule has 19 heavy (non-hydrogen) atoms. The van der Waals surface area contributed by atoms with E-state index in [0.717, 1.165) is 6.42 Å². The standard InChI is InChI=1S/C15H21NO3/c1-10-4-5-13(12(3)11(10)2)8-9-16-14(17)6-7-15(18)19/h4-5H,6-9H2,1-3H3,(H,16,17)(H,18,19). The van der Waals surface area contributed by atoms with Gasteiger partial charge in [0.05, 0.1) is 6.42 Å². The normalized spacial score (nSPS) is 10.3. The monoisotopic (exact) mass is 263 g/mol. The van der Waals surface area contributed by atoms with E-state index < -0.39 is 5.97 Å². The summed E-state index contributed by atoms with van der Waals surface area (Å²) in [6, 6.07) is 4.17. The minimum absolute atomic E-state index is 0.0429. The molecule has 1 amide bonds. The van der Waals surface area contributed by atoms with Crippen LogP contribution in [0.2, 0.25) is 0 Å². The van der Waals surface area contributed by atoms with E-state index in [9.17, 15) is 9.59 Å². The zero-order chi connectivity index (χ0) is 14.4. The lowest BCUT2D eigenvalue weighted by molar-refractivity contribution is -0.138. The van der Waals surface area contributed by atoms with Crippen LogP contribution in [0.25, 0.3) is 0 Å². The lowest BCUT2D eigenvalue weighted by Gasteiger charge is -2.11. The van der Waals surface area contributed by atoms with Crippen LogP contribution in [0.5, 0.6) is 0 Å². The van der Waals surface area contributed by atoms with Crippen LogP contribution in [0.1, 0.15) is 35.1 Å². The number of nitrogens with one attached hydrogen (secondary N) is 1. The van der Waals surface area contributed by atoms with E-state index in [1.807, 2.05) is 0 Å². The lowest BCUT2D eigenvalue weighted by atomic mass is 9.97. The van der Waals surface area contributed by atoms with Crippen LogP contribution in [-0.4, -0.2) is 23.5 Å². The van der Waals surface area contributed by atoms with Crippen LogP contribution in [-0.2, 0) is 16.0 Å². The van der Waals surface area contributed by atoms with Gasteiger partial charge in [0.25, 0.3) is 0 Å². The maximum absolute atomic E-state index is 11.4. The van der Waals surface area contributed by atoms with E-state index in [1.165, 1.54) is 22.3 Å². The molecule has 0 aliphatic rings. The maximum atomic E-state index is 11.4. The molecule has 1 rings (SSSR count). The summed E-state index contributed by atoms with van der Waals surface area (Å²) in [4.78, 5) is 21.7. The Hall–Kier alpha value is -1.84. The van der Waals surface area contributed by atoms with Crippen molar-refractivity contribution in [3.8, 4) is 0 Å². The van der Waals surface area contributed by atoms with Gasteiger partial charge in [0.15, 0.2) is 0 Å². The Balaban J connectivity index is 2.43. The summed E-state index contributed by atoms with van der Waals surface area (Å²) in [6.07, 6.45) is 0.696. The summed E-state index contributed by atoms with van der Waals surface area (Å²) in [7, 11) is 0. The average molecular weight is 263 g/mol. The van der Waals surface area contributed by atoms with Gasteiger partial charge < -0.3 is 10.4 Å². The second-order valence-electron chi connectivity index (χ2n) is 4.79. The van der Waals surface area contributed by atoms with Crippen molar-refractivity contribution in [3.05, 3.63) is 34.4 Å². The van der Waals surface area contributed by atoms with Crippen molar-refractivity contribution in [2.75, 3.05) is 6.54 Å². The second-order valence-corrected chi connectivity index (χ2v) is 4.79. The van der Waals surface area contributed by atoms with Gasteiger partial charge in [-0.1, -0.05) is 12.1 Å². The van der Waals surface area contributed by atoms with Gasteiger partial charge in [-0.3, -0.25) is 9.59 Å². The number of carboxylic acid groups (broad SMARTS) is 1. The largest absolute Gasteiger partial charge is 0.481 e. The molecule has 0 aliphatic heterocycles. The number of rotatable bonds is 6. The fourth-order valence-electron chi connectivity index (χ4n) is 1.93. The van der Waals surface area contributed by atoms with Crippen molar-refractivity contribution in [2.45, 2.75) is 40.0 Å². The molecule has 0 aromatic heterocycles. The molecule has 0 radical (unpaired) electrons. The molecule has 0 saturated carbocycles. The Morgan fingerprint density at radius 1 is 1.11 bits per heavy atom. The summed E-state index contributed by atoms with van der Waals surface area (Å²) in [6.45, 7) is 6.81. The molecule has 0 unspecified atom stereocenters. The van der Waals surface area contributed by atoms with Gasteiger partial charge in [0.2, 0.25) is 5.91 Å². The lowest BCUT2D eigenvalue weighted by Crippen LogP contribution is -2.26. The summed E-state index contributed by atoms with van der Waals surface area (Å²) in [5.74, 6) is -1.15. The molecule has 2 N–H and O–H groups in total. The molecule has 1 aromatic carbocycles. The highest BCUT2D eigenvalue weighted by atomic mass is 16.4. The highest BCUT2D eigenvalue weighted by Crippen LogP contribution is 2.17. The SMILES string of the molecule is Cc1ccc(CCNC(=O)CCC(=O)O)c(C)c1C. The molecule has 1 aromatic rings.